The predicted molar refractivity (Wildman–Crippen MR) is 76.3 cm³/mol. The molecule has 4 heteroatoms. The maximum atomic E-state index is 12.3. The Labute approximate surface area is 120 Å². The van der Waals surface area contributed by atoms with Crippen LogP contribution in [0.2, 0.25) is 0 Å². The van der Waals surface area contributed by atoms with Crippen LogP contribution in [0, 0.1) is 17.2 Å². The lowest BCUT2D eigenvalue weighted by molar-refractivity contribution is 0.0670. The summed E-state index contributed by atoms with van der Waals surface area (Å²) in [6.07, 6.45) is 3.17. The van der Waals surface area contributed by atoms with Crippen molar-refractivity contribution in [3.05, 3.63) is 35.4 Å². The number of methoxy groups -OCH3 is 1. The van der Waals surface area contributed by atoms with Gasteiger partial charge in [0.2, 0.25) is 0 Å². The second-order valence-corrected chi connectivity index (χ2v) is 5.21. The summed E-state index contributed by atoms with van der Waals surface area (Å²) < 4.78 is 5.10. The molecular formula is C16H20N2O2. The molecule has 0 unspecified atom stereocenters. The fourth-order valence-corrected chi connectivity index (χ4v) is 2.58. The monoisotopic (exact) mass is 272 g/mol. The van der Waals surface area contributed by atoms with Crippen LogP contribution in [0.25, 0.3) is 0 Å². The molecule has 1 aliphatic rings. The van der Waals surface area contributed by atoms with Crippen molar-refractivity contribution in [1.29, 1.82) is 5.26 Å². The van der Waals surface area contributed by atoms with Crippen LogP contribution in [-0.2, 0) is 4.74 Å². The Hall–Kier alpha value is -1.86. The minimum absolute atomic E-state index is 0.0691. The van der Waals surface area contributed by atoms with E-state index < -0.39 is 0 Å². The van der Waals surface area contributed by atoms with Gasteiger partial charge < -0.3 is 9.64 Å². The third kappa shape index (κ3) is 3.58. The first-order chi connectivity index (χ1) is 9.74. The Morgan fingerprint density at radius 3 is 2.55 bits per heavy atom. The minimum atomic E-state index is 0.0691. The van der Waals surface area contributed by atoms with Gasteiger partial charge in [0.15, 0.2) is 0 Å². The zero-order chi connectivity index (χ0) is 14.4. The molecule has 0 aromatic heterocycles. The van der Waals surface area contributed by atoms with Gasteiger partial charge in [0.1, 0.15) is 0 Å². The summed E-state index contributed by atoms with van der Waals surface area (Å²) in [5.41, 5.74) is 1.25. The molecule has 0 spiro atoms. The number of ether oxygens (including phenoxy) is 1. The summed E-state index contributed by atoms with van der Waals surface area (Å²) >= 11 is 0. The Morgan fingerprint density at radius 2 is 2.00 bits per heavy atom. The van der Waals surface area contributed by atoms with Gasteiger partial charge in [-0.25, -0.2) is 0 Å². The van der Waals surface area contributed by atoms with Gasteiger partial charge >= 0.3 is 0 Å². The van der Waals surface area contributed by atoms with E-state index in [-0.39, 0.29) is 5.91 Å². The van der Waals surface area contributed by atoms with E-state index in [1.165, 1.54) is 0 Å². The third-order valence-corrected chi connectivity index (χ3v) is 3.89. The van der Waals surface area contributed by atoms with Crippen LogP contribution in [0.1, 0.15) is 35.2 Å². The average molecular weight is 272 g/mol. The molecule has 1 aromatic carbocycles. The molecule has 1 amide bonds. The SMILES string of the molecule is COCCC1CCN(C(=O)c2ccc(C#N)cc2)CC1. The van der Waals surface area contributed by atoms with Crippen LogP contribution in [0.4, 0.5) is 0 Å². The van der Waals surface area contributed by atoms with Gasteiger partial charge in [-0.2, -0.15) is 5.26 Å². The third-order valence-electron chi connectivity index (χ3n) is 3.89. The molecule has 0 N–H and O–H groups in total. The van der Waals surface area contributed by atoms with Crippen molar-refractivity contribution in [3.8, 4) is 6.07 Å². The number of amides is 1. The molecule has 0 bridgehead atoms. The summed E-state index contributed by atoms with van der Waals surface area (Å²) in [5.74, 6) is 0.736. The van der Waals surface area contributed by atoms with Gasteiger partial charge in [-0.05, 0) is 49.4 Å². The smallest absolute Gasteiger partial charge is 0.253 e. The number of likely N-dealkylation sites (tertiary alicyclic amines) is 1. The Balaban J connectivity index is 1.89. The van der Waals surface area contributed by atoms with E-state index >= 15 is 0 Å². The van der Waals surface area contributed by atoms with Gasteiger partial charge in [0.05, 0.1) is 11.6 Å². The summed E-state index contributed by atoms with van der Waals surface area (Å²) in [6.45, 7) is 2.43. The number of nitriles is 1. The summed E-state index contributed by atoms with van der Waals surface area (Å²) in [6, 6.07) is 8.92. The molecule has 0 aliphatic carbocycles. The van der Waals surface area contributed by atoms with E-state index in [4.69, 9.17) is 10.00 Å². The highest BCUT2D eigenvalue weighted by Crippen LogP contribution is 2.21. The number of benzene rings is 1. The van der Waals surface area contributed by atoms with Crippen molar-refractivity contribution in [3.63, 3.8) is 0 Å². The zero-order valence-corrected chi connectivity index (χ0v) is 11.8. The number of carbonyl (C=O) groups is 1. The summed E-state index contributed by atoms with van der Waals surface area (Å²) in [5, 5.41) is 8.76. The van der Waals surface area contributed by atoms with E-state index in [0.29, 0.717) is 17.0 Å². The number of carbonyl (C=O) groups excluding carboxylic acids is 1. The van der Waals surface area contributed by atoms with E-state index in [0.717, 1.165) is 39.0 Å². The predicted octanol–water partition coefficient (Wildman–Crippen LogP) is 2.45. The largest absolute Gasteiger partial charge is 0.385 e. The first-order valence-electron chi connectivity index (χ1n) is 7.03. The lowest BCUT2D eigenvalue weighted by atomic mass is 9.93. The molecule has 1 aromatic rings. The molecule has 1 aliphatic heterocycles. The molecule has 0 atom stereocenters. The van der Waals surface area contributed by atoms with Crippen molar-refractivity contribution in [2.75, 3.05) is 26.8 Å². The fraction of sp³-hybridized carbons (Fsp3) is 0.500. The topological polar surface area (TPSA) is 53.3 Å². The number of hydrogen-bond acceptors (Lipinski definition) is 3. The molecule has 106 valence electrons. The Kier molecular flexibility index (Phi) is 5.14. The van der Waals surface area contributed by atoms with Crippen LogP contribution in [0.3, 0.4) is 0 Å². The number of hydrogen-bond donors (Lipinski definition) is 0. The quantitative estimate of drug-likeness (QED) is 0.846. The maximum Gasteiger partial charge on any atom is 0.253 e. The highest BCUT2D eigenvalue weighted by atomic mass is 16.5. The Bertz CT molecular complexity index is 482. The van der Waals surface area contributed by atoms with Gasteiger partial charge in [0.25, 0.3) is 5.91 Å². The molecule has 0 saturated carbocycles. The minimum Gasteiger partial charge on any atom is -0.385 e. The van der Waals surface area contributed by atoms with Crippen molar-refractivity contribution >= 4 is 5.91 Å². The number of rotatable bonds is 4. The van der Waals surface area contributed by atoms with E-state index in [1.54, 1.807) is 31.4 Å². The normalized spacial score (nSPS) is 15.9. The Morgan fingerprint density at radius 1 is 1.35 bits per heavy atom. The molecule has 2 rings (SSSR count). The molecule has 4 nitrogen and oxygen atoms in total. The average Bonchev–Trinajstić information content (AvgIpc) is 2.53. The van der Waals surface area contributed by atoms with E-state index in [9.17, 15) is 4.79 Å². The van der Waals surface area contributed by atoms with Gasteiger partial charge in [-0.3, -0.25) is 4.79 Å². The molecule has 0 radical (unpaired) electrons. The van der Waals surface area contributed by atoms with Crippen LogP contribution in [-0.4, -0.2) is 37.6 Å². The van der Waals surface area contributed by atoms with Gasteiger partial charge in [0, 0.05) is 32.4 Å². The number of nitrogens with zero attached hydrogens (tertiary/aromatic N) is 2. The van der Waals surface area contributed by atoms with Crippen molar-refractivity contribution in [1.82, 2.24) is 4.90 Å². The number of piperidine rings is 1. The van der Waals surface area contributed by atoms with E-state index in [2.05, 4.69) is 6.07 Å². The van der Waals surface area contributed by atoms with Crippen LogP contribution in [0.5, 0.6) is 0 Å². The highest BCUT2D eigenvalue weighted by molar-refractivity contribution is 5.94. The van der Waals surface area contributed by atoms with Gasteiger partial charge in [-0.15, -0.1) is 0 Å². The lowest BCUT2D eigenvalue weighted by Crippen LogP contribution is -2.38. The van der Waals surface area contributed by atoms with Crippen molar-refractivity contribution in [2.24, 2.45) is 5.92 Å². The van der Waals surface area contributed by atoms with Crippen LogP contribution >= 0.6 is 0 Å². The highest BCUT2D eigenvalue weighted by Gasteiger charge is 2.23. The first-order valence-corrected chi connectivity index (χ1v) is 7.03. The van der Waals surface area contributed by atoms with Crippen LogP contribution in [0.15, 0.2) is 24.3 Å². The second kappa shape index (κ2) is 7.06. The van der Waals surface area contributed by atoms with Gasteiger partial charge in [-0.1, -0.05) is 0 Å². The first kappa shape index (κ1) is 14.5. The van der Waals surface area contributed by atoms with Crippen molar-refractivity contribution < 1.29 is 9.53 Å². The standard InChI is InChI=1S/C16H20N2O2/c1-20-11-8-13-6-9-18(10-7-13)16(19)15-4-2-14(12-17)3-5-15/h2-5,13H,6-11H2,1H3. The molecule has 1 heterocycles. The van der Waals surface area contributed by atoms with Crippen LogP contribution < -0.4 is 0 Å². The van der Waals surface area contributed by atoms with E-state index in [1.807, 2.05) is 4.90 Å². The molecule has 1 fully saturated rings. The molecule has 1 saturated heterocycles. The summed E-state index contributed by atoms with van der Waals surface area (Å²) in [4.78, 5) is 14.2. The molecule has 20 heavy (non-hydrogen) atoms. The lowest BCUT2D eigenvalue weighted by Gasteiger charge is -2.32. The van der Waals surface area contributed by atoms with Crippen molar-refractivity contribution in [2.45, 2.75) is 19.3 Å². The fourth-order valence-electron chi connectivity index (χ4n) is 2.58. The zero-order valence-electron chi connectivity index (χ0n) is 11.8. The second-order valence-electron chi connectivity index (χ2n) is 5.21. The molecular weight excluding hydrogens is 252 g/mol. The summed E-state index contributed by atoms with van der Waals surface area (Å²) in [7, 11) is 1.73. The maximum absolute atomic E-state index is 12.3.